The number of halogens is 2. The molecule has 188 valence electrons. The SMILES string of the molecule is COc1ccc(C(CNC(C)C)C(=O)N2CCN(c3ncnc4c3[C@H](C)CC4)CC2)cc1.Cl.Cl. The van der Waals surface area contributed by atoms with E-state index in [1.165, 1.54) is 11.3 Å². The first kappa shape index (κ1) is 28.1. The maximum atomic E-state index is 13.6. The van der Waals surface area contributed by atoms with Gasteiger partial charge in [0.2, 0.25) is 5.91 Å². The molecule has 1 fully saturated rings. The molecule has 1 aliphatic carbocycles. The number of piperazine rings is 1. The van der Waals surface area contributed by atoms with Gasteiger partial charge in [-0.25, -0.2) is 9.97 Å². The molecule has 2 heterocycles. The number of amides is 1. The van der Waals surface area contributed by atoms with E-state index in [0.29, 0.717) is 31.6 Å². The number of methoxy groups -OCH3 is 1. The van der Waals surface area contributed by atoms with Crippen LogP contribution in [0.2, 0.25) is 0 Å². The van der Waals surface area contributed by atoms with Gasteiger partial charge in [0.25, 0.3) is 0 Å². The molecular formula is C25H37Cl2N5O2. The fourth-order valence-electron chi connectivity index (χ4n) is 4.77. The Morgan fingerprint density at radius 3 is 2.41 bits per heavy atom. The van der Waals surface area contributed by atoms with E-state index in [-0.39, 0.29) is 36.6 Å². The van der Waals surface area contributed by atoms with Crippen molar-refractivity contribution in [3.05, 3.63) is 47.4 Å². The Balaban J connectivity index is 0.00000204. The molecule has 9 heteroatoms. The number of rotatable bonds is 7. The third kappa shape index (κ3) is 6.12. The van der Waals surface area contributed by atoms with Crippen LogP contribution in [0.15, 0.2) is 30.6 Å². The van der Waals surface area contributed by atoms with Crippen molar-refractivity contribution in [2.75, 3.05) is 44.7 Å². The predicted molar refractivity (Wildman–Crippen MR) is 141 cm³/mol. The van der Waals surface area contributed by atoms with Gasteiger partial charge in [-0.2, -0.15) is 0 Å². The Morgan fingerprint density at radius 1 is 1.12 bits per heavy atom. The van der Waals surface area contributed by atoms with E-state index in [1.807, 2.05) is 29.2 Å². The summed E-state index contributed by atoms with van der Waals surface area (Å²) in [5, 5.41) is 3.45. The van der Waals surface area contributed by atoms with Gasteiger partial charge < -0.3 is 19.9 Å². The number of hydrogen-bond acceptors (Lipinski definition) is 6. The van der Waals surface area contributed by atoms with Crippen LogP contribution in [0.5, 0.6) is 5.75 Å². The highest BCUT2D eigenvalue weighted by molar-refractivity contribution is 5.86. The van der Waals surface area contributed by atoms with Gasteiger partial charge in [-0.1, -0.05) is 32.9 Å². The zero-order chi connectivity index (χ0) is 22.7. The second-order valence-corrected chi connectivity index (χ2v) is 9.20. The highest BCUT2D eigenvalue weighted by Crippen LogP contribution is 2.37. The van der Waals surface area contributed by atoms with E-state index in [9.17, 15) is 4.79 Å². The molecule has 1 amide bonds. The lowest BCUT2D eigenvalue weighted by Crippen LogP contribution is -2.51. The molecule has 1 aromatic carbocycles. The Morgan fingerprint density at radius 2 is 1.79 bits per heavy atom. The van der Waals surface area contributed by atoms with Crippen LogP contribution in [-0.2, 0) is 11.2 Å². The Labute approximate surface area is 215 Å². The summed E-state index contributed by atoms with van der Waals surface area (Å²) in [6.07, 6.45) is 3.88. The van der Waals surface area contributed by atoms with Gasteiger partial charge >= 0.3 is 0 Å². The fraction of sp³-hybridized carbons (Fsp3) is 0.560. The highest BCUT2D eigenvalue weighted by Gasteiger charge is 2.32. The number of nitrogens with zero attached hydrogens (tertiary/aromatic N) is 4. The van der Waals surface area contributed by atoms with E-state index in [4.69, 9.17) is 4.74 Å². The first-order chi connectivity index (χ1) is 15.5. The van der Waals surface area contributed by atoms with Crippen LogP contribution < -0.4 is 15.0 Å². The smallest absolute Gasteiger partial charge is 0.231 e. The van der Waals surface area contributed by atoms with Crippen molar-refractivity contribution in [1.82, 2.24) is 20.2 Å². The summed E-state index contributed by atoms with van der Waals surface area (Å²) < 4.78 is 5.29. The standard InChI is InChI=1S/C25H35N5O2.2ClH/c1-17(2)26-15-21(19-6-8-20(32-4)9-7-19)25(31)30-13-11-29(12-14-30)24-23-18(3)5-10-22(23)27-16-28-24;;/h6-9,16-18,21,26H,5,10-15H2,1-4H3;2*1H/t18-,21?;;/m1../s1. The molecule has 2 aliphatic rings. The number of fused-ring (bicyclic) bond motifs is 1. The number of ether oxygens (including phenoxy) is 1. The maximum absolute atomic E-state index is 13.6. The van der Waals surface area contributed by atoms with Crippen molar-refractivity contribution < 1.29 is 9.53 Å². The number of benzene rings is 1. The van der Waals surface area contributed by atoms with Crippen LogP contribution in [0.3, 0.4) is 0 Å². The molecule has 0 radical (unpaired) electrons. The van der Waals surface area contributed by atoms with Crippen LogP contribution in [0.4, 0.5) is 5.82 Å². The van der Waals surface area contributed by atoms with E-state index < -0.39 is 0 Å². The van der Waals surface area contributed by atoms with Gasteiger partial charge in [-0.3, -0.25) is 4.79 Å². The van der Waals surface area contributed by atoms with Crippen molar-refractivity contribution >= 4 is 36.5 Å². The molecule has 0 saturated carbocycles. The van der Waals surface area contributed by atoms with E-state index in [1.54, 1.807) is 13.4 Å². The number of carbonyl (C=O) groups excluding carboxylic acids is 1. The first-order valence-corrected chi connectivity index (χ1v) is 11.7. The average molecular weight is 511 g/mol. The number of carbonyl (C=O) groups is 1. The van der Waals surface area contributed by atoms with Crippen LogP contribution in [0, 0.1) is 0 Å². The summed E-state index contributed by atoms with van der Waals surface area (Å²) in [6.45, 7) is 10.1. The van der Waals surface area contributed by atoms with Gasteiger partial charge in [0.1, 0.15) is 17.9 Å². The molecule has 1 aromatic heterocycles. The minimum atomic E-state index is -0.210. The third-order valence-corrected chi connectivity index (χ3v) is 6.69. The van der Waals surface area contributed by atoms with Crippen molar-refractivity contribution in [2.45, 2.75) is 51.5 Å². The number of hydrogen-bond donors (Lipinski definition) is 1. The quantitative estimate of drug-likeness (QED) is 0.611. The third-order valence-electron chi connectivity index (χ3n) is 6.69. The summed E-state index contributed by atoms with van der Waals surface area (Å²) in [7, 11) is 1.66. The normalized spacial score (nSPS) is 18.1. The molecule has 34 heavy (non-hydrogen) atoms. The first-order valence-electron chi connectivity index (χ1n) is 11.7. The average Bonchev–Trinajstić information content (AvgIpc) is 3.20. The minimum Gasteiger partial charge on any atom is -0.497 e. The summed E-state index contributed by atoms with van der Waals surface area (Å²) >= 11 is 0. The second-order valence-electron chi connectivity index (χ2n) is 9.20. The van der Waals surface area contributed by atoms with Gasteiger partial charge in [-0.05, 0) is 36.5 Å². The Bertz CT molecular complexity index is 933. The molecule has 4 rings (SSSR count). The topological polar surface area (TPSA) is 70.6 Å². The van der Waals surface area contributed by atoms with E-state index in [2.05, 4.69) is 41.0 Å². The van der Waals surface area contributed by atoms with Gasteiger partial charge in [0.05, 0.1) is 13.0 Å². The van der Waals surface area contributed by atoms with Crippen LogP contribution >= 0.6 is 24.8 Å². The van der Waals surface area contributed by atoms with Crippen molar-refractivity contribution in [1.29, 1.82) is 0 Å². The Hall–Kier alpha value is -2.09. The zero-order valence-corrected chi connectivity index (χ0v) is 22.1. The zero-order valence-electron chi connectivity index (χ0n) is 20.5. The van der Waals surface area contributed by atoms with Crippen molar-refractivity contribution in [3.8, 4) is 5.75 Å². The lowest BCUT2D eigenvalue weighted by molar-refractivity contribution is -0.133. The molecule has 2 atom stereocenters. The lowest BCUT2D eigenvalue weighted by atomic mass is 9.96. The lowest BCUT2D eigenvalue weighted by Gasteiger charge is -2.38. The van der Waals surface area contributed by atoms with Gasteiger partial charge in [0, 0.05) is 50.0 Å². The summed E-state index contributed by atoms with van der Waals surface area (Å²) in [5.74, 6) is 2.35. The molecule has 0 spiro atoms. The largest absolute Gasteiger partial charge is 0.497 e. The van der Waals surface area contributed by atoms with Crippen LogP contribution in [0.25, 0.3) is 0 Å². The number of nitrogens with one attached hydrogen (secondary N) is 1. The Kier molecular flexibility index (Phi) is 10.4. The number of anilines is 1. The molecule has 1 unspecified atom stereocenters. The molecule has 1 aliphatic heterocycles. The number of aryl methyl sites for hydroxylation is 1. The summed E-state index contributed by atoms with van der Waals surface area (Å²) in [6, 6.07) is 8.19. The molecule has 1 N–H and O–H groups in total. The predicted octanol–water partition coefficient (Wildman–Crippen LogP) is 3.81. The fourth-order valence-corrected chi connectivity index (χ4v) is 4.77. The highest BCUT2D eigenvalue weighted by atomic mass is 35.5. The van der Waals surface area contributed by atoms with Gasteiger partial charge in [0.15, 0.2) is 0 Å². The van der Waals surface area contributed by atoms with Crippen molar-refractivity contribution in [3.63, 3.8) is 0 Å². The number of aromatic nitrogens is 2. The monoisotopic (exact) mass is 509 g/mol. The van der Waals surface area contributed by atoms with E-state index >= 15 is 0 Å². The van der Waals surface area contributed by atoms with Crippen LogP contribution in [-0.4, -0.2) is 66.7 Å². The van der Waals surface area contributed by atoms with Crippen LogP contribution in [0.1, 0.15) is 55.8 Å². The molecule has 7 nitrogen and oxygen atoms in total. The minimum absolute atomic E-state index is 0. The summed E-state index contributed by atoms with van der Waals surface area (Å²) in [5.41, 5.74) is 3.53. The van der Waals surface area contributed by atoms with E-state index in [0.717, 1.165) is 43.1 Å². The molecule has 1 saturated heterocycles. The summed E-state index contributed by atoms with van der Waals surface area (Å²) in [4.78, 5) is 27.0. The second kappa shape index (κ2) is 12.6. The molecule has 2 aromatic rings. The molecule has 0 bridgehead atoms. The van der Waals surface area contributed by atoms with Gasteiger partial charge in [-0.15, -0.1) is 24.8 Å². The van der Waals surface area contributed by atoms with Crippen molar-refractivity contribution in [2.24, 2.45) is 0 Å². The maximum Gasteiger partial charge on any atom is 0.231 e. The molecular weight excluding hydrogens is 473 g/mol.